The smallest absolute Gasteiger partial charge is 0.325 e. The maximum Gasteiger partial charge on any atom is 0.325 e. The number of methoxy groups -OCH3 is 1. The van der Waals surface area contributed by atoms with Gasteiger partial charge in [0.05, 0.1) is 13.2 Å². The maximum atomic E-state index is 11.5. The molecule has 1 fully saturated rings. The van der Waals surface area contributed by atoms with Crippen LogP contribution in [0.4, 0.5) is 0 Å². The van der Waals surface area contributed by atoms with Gasteiger partial charge >= 0.3 is 5.97 Å². The van der Waals surface area contributed by atoms with E-state index in [0.717, 1.165) is 19.4 Å². The molecule has 4 nitrogen and oxygen atoms in total. The minimum Gasteiger partial charge on any atom is -0.468 e. The molecule has 88 valence electrons. The second-order valence-corrected chi connectivity index (χ2v) is 4.66. The highest BCUT2D eigenvalue weighted by molar-refractivity contribution is 5.79. The SMILES string of the molecule is COC(=O)C(C)(C)NC1CCOC(C)C1. The lowest BCUT2D eigenvalue weighted by atomic mass is 9.98. The van der Waals surface area contributed by atoms with Gasteiger partial charge in [0.15, 0.2) is 0 Å². The van der Waals surface area contributed by atoms with E-state index in [9.17, 15) is 4.79 Å². The summed E-state index contributed by atoms with van der Waals surface area (Å²) in [4.78, 5) is 11.5. The van der Waals surface area contributed by atoms with E-state index in [1.54, 1.807) is 0 Å². The summed E-state index contributed by atoms with van der Waals surface area (Å²) in [6.07, 6.45) is 2.16. The average Bonchev–Trinajstić information content (AvgIpc) is 2.15. The van der Waals surface area contributed by atoms with Gasteiger partial charge in [-0.3, -0.25) is 10.1 Å². The molecule has 2 unspecified atom stereocenters. The van der Waals surface area contributed by atoms with E-state index in [-0.39, 0.29) is 12.1 Å². The number of carbonyl (C=O) groups is 1. The van der Waals surface area contributed by atoms with Gasteiger partial charge < -0.3 is 9.47 Å². The molecule has 1 heterocycles. The number of ether oxygens (including phenoxy) is 2. The highest BCUT2D eigenvalue weighted by Gasteiger charge is 2.32. The van der Waals surface area contributed by atoms with Crippen LogP contribution in [0.1, 0.15) is 33.6 Å². The first kappa shape index (κ1) is 12.5. The Balaban J connectivity index is 2.49. The topological polar surface area (TPSA) is 47.6 Å². The average molecular weight is 215 g/mol. The van der Waals surface area contributed by atoms with Gasteiger partial charge in [0, 0.05) is 12.6 Å². The first-order valence-corrected chi connectivity index (χ1v) is 5.43. The van der Waals surface area contributed by atoms with Crippen molar-refractivity contribution in [2.75, 3.05) is 13.7 Å². The molecule has 0 aromatic rings. The van der Waals surface area contributed by atoms with E-state index >= 15 is 0 Å². The lowest BCUT2D eigenvalue weighted by Crippen LogP contribution is -2.54. The van der Waals surface area contributed by atoms with Crippen LogP contribution in [0.2, 0.25) is 0 Å². The summed E-state index contributed by atoms with van der Waals surface area (Å²) in [6, 6.07) is 0.336. The fraction of sp³-hybridized carbons (Fsp3) is 0.909. The fourth-order valence-corrected chi connectivity index (χ4v) is 1.95. The van der Waals surface area contributed by atoms with Crippen LogP contribution in [0.25, 0.3) is 0 Å². The van der Waals surface area contributed by atoms with Crippen LogP contribution in [-0.4, -0.2) is 37.4 Å². The normalized spacial score (nSPS) is 27.5. The van der Waals surface area contributed by atoms with Crippen molar-refractivity contribution in [3.63, 3.8) is 0 Å². The highest BCUT2D eigenvalue weighted by Crippen LogP contribution is 2.17. The minimum absolute atomic E-state index is 0.221. The van der Waals surface area contributed by atoms with Crippen LogP contribution in [-0.2, 0) is 14.3 Å². The Kier molecular flexibility index (Phi) is 4.11. The second-order valence-electron chi connectivity index (χ2n) is 4.66. The largest absolute Gasteiger partial charge is 0.468 e. The van der Waals surface area contributed by atoms with Crippen molar-refractivity contribution in [2.24, 2.45) is 0 Å². The first-order valence-electron chi connectivity index (χ1n) is 5.43. The number of carbonyl (C=O) groups excluding carboxylic acids is 1. The van der Waals surface area contributed by atoms with Crippen molar-refractivity contribution in [2.45, 2.75) is 51.3 Å². The summed E-state index contributed by atoms with van der Waals surface area (Å²) < 4.78 is 10.2. The van der Waals surface area contributed by atoms with Gasteiger partial charge in [0.2, 0.25) is 0 Å². The lowest BCUT2D eigenvalue weighted by Gasteiger charge is -2.34. The quantitative estimate of drug-likeness (QED) is 0.716. The maximum absolute atomic E-state index is 11.5. The Morgan fingerprint density at radius 2 is 2.20 bits per heavy atom. The van der Waals surface area contributed by atoms with Crippen LogP contribution in [0, 0.1) is 0 Å². The van der Waals surface area contributed by atoms with Crippen LogP contribution < -0.4 is 5.32 Å². The number of hydrogen-bond acceptors (Lipinski definition) is 4. The molecule has 1 rings (SSSR count). The van der Waals surface area contributed by atoms with E-state index in [1.807, 2.05) is 13.8 Å². The molecule has 1 aliphatic rings. The van der Waals surface area contributed by atoms with E-state index < -0.39 is 5.54 Å². The molecule has 0 aromatic carbocycles. The predicted molar refractivity (Wildman–Crippen MR) is 57.7 cm³/mol. The van der Waals surface area contributed by atoms with Crippen molar-refractivity contribution >= 4 is 5.97 Å². The molecule has 15 heavy (non-hydrogen) atoms. The molecule has 1 saturated heterocycles. The Labute approximate surface area is 91.3 Å². The molecule has 0 bridgehead atoms. The Hall–Kier alpha value is -0.610. The molecular weight excluding hydrogens is 194 g/mol. The van der Waals surface area contributed by atoms with Crippen LogP contribution in [0.3, 0.4) is 0 Å². The number of hydrogen-bond donors (Lipinski definition) is 1. The molecule has 0 aromatic heterocycles. The molecule has 0 spiro atoms. The van der Waals surface area contributed by atoms with Crippen LogP contribution in [0.15, 0.2) is 0 Å². The number of esters is 1. The van der Waals surface area contributed by atoms with Gasteiger partial charge in [0.1, 0.15) is 5.54 Å². The van der Waals surface area contributed by atoms with Crippen molar-refractivity contribution in [3.05, 3.63) is 0 Å². The molecule has 0 amide bonds. The molecular formula is C11H21NO3. The number of rotatable bonds is 3. The van der Waals surface area contributed by atoms with Crippen molar-refractivity contribution in [1.29, 1.82) is 0 Å². The summed E-state index contributed by atoms with van der Waals surface area (Å²) in [5.41, 5.74) is -0.615. The second kappa shape index (κ2) is 4.94. The molecule has 0 radical (unpaired) electrons. The molecule has 0 saturated carbocycles. The van der Waals surface area contributed by atoms with Gasteiger partial charge in [0.25, 0.3) is 0 Å². The zero-order valence-electron chi connectivity index (χ0n) is 10.0. The van der Waals surface area contributed by atoms with Crippen molar-refractivity contribution in [1.82, 2.24) is 5.32 Å². The van der Waals surface area contributed by atoms with Gasteiger partial charge in [-0.2, -0.15) is 0 Å². The minimum atomic E-state index is -0.615. The summed E-state index contributed by atoms with van der Waals surface area (Å²) in [5, 5.41) is 3.32. The molecule has 4 heteroatoms. The Bertz CT molecular complexity index is 228. The molecule has 1 N–H and O–H groups in total. The van der Waals surface area contributed by atoms with E-state index in [2.05, 4.69) is 12.2 Å². The summed E-state index contributed by atoms with van der Waals surface area (Å²) in [7, 11) is 1.42. The van der Waals surface area contributed by atoms with Gasteiger partial charge in [-0.25, -0.2) is 0 Å². The summed E-state index contributed by atoms with van der Waals surface area (Å²) in [5.74, 6) is -0.221. The number of nitrogens with one attached hydrogen (secondary N) is 1. The monoisotopic (exact) mass is 215 g/mol. The van der Waals surface area contributed by atoms with Gasteiger partial charge in [-0.15, -0.1) is 0 Å². The first-order chi connectivity index (χ1) is 6.95. The van der Waals surface area contributed by atoms with Crippen molar-refractivity contribution < 1.29 is 14.3 Å². The molecule has 2 atom stereocenters. The fourth-order valence-electron chi connectivity index (χ4n) is 1.95. The van der Waals surface area contributed by atoms with Crippen LogP contribution >= 0.6 is 0 Å². The van der Waals surface area contributed by atoms with Gasteiger partial charge in [-0.05, 0) is 33.6 Å². The third-order valence-electron chi connectivity index (χ3n) is 2.75. The summed E-state index contributed by atoms with van der Waals surface area (Å²) in [6.45, 7) is 6.51. The highest BCUT2D eigenvalue weighted by atomic mass is 16.5. The lowest BCUT2D eigenvalue weighted by molar-refractivity contribution is -0.148. The van der Waals surface area contributed by atoms with Crippen LogP contribution in [0.5, 0.6) is 0 Å². The van der Waals surface area contributed by atoms with Crippen molar-refractivity contribution in [3.8, 4) is 0 Å². The zero-order chi connectivity index (χ0) is 11.5. The van der Waals surface area contributed by atoms with E-state index in [1.165, 1.54) is 7.11 Å². The third-order valence-corrected chi connectivity index (χ3v) is 2.75. The summed E-state index contributed by atoms with van der Waals surface area (Å²) >= 11 is 0. The molecule has 1 aliphatic heterocycles. The van der Waals surface area contributed by atoms with E-state index in [4.69, 9.17) is 9.47 Å². The Morgan fingerprint density at radius 3 is 2.73 bits per heavy atom. The van der Waals surface area contributed by atoms with Gasteiger partial charge in [-0.1, -0.05) is 0 Å². The standard InChI is InChI=1S/C11H21NO3/c1-8-7-9(5-6-15-8)12-11(2,3)10(13)14-4/h8-9,12H,5-7H2,1-4H3. The van der Waals surface area contributed by atoms with E-state index in [0.29, 0.717) is 6.04 Å². The third kappa shape index (κ3) is 3.47. The predicted octanol–water partition coefficient (Wildman–Crippen LogP) is 1.10. The Morgan fingerprint density at radius 1 is 1.53 bits per heavy atom. The molecule has 0 aliphatic carbocycles. The zero-order valence-corrected chi connectivity index (χ0v) is 10.0.